The fraction of sp³-hybridized carbons (Fsp3) is 0.619. The number of benzene rings is 1. The average molecular weight is 478 g/mol. The smallest absolute Gasteiger partial charge is 0.297 e. The van der Waals surface area contributed by atoms with Crippen LogP contribution >= 0.6 is 11.6 Å². The Balaban J connectivity index is 1.62. The van der Waals surface area contributed by atoms with Crippen molar-refractivity contribution in [1.29, 1.82) is 0 Å². The molecule has 1 saturated carbocycles. The van der Waals surface area contributed by atoms with Gasteiger partial charge in [-0.1, -0.05) is 18.5 Å². The minimum absolute atomic E-state index is 0.00547. The van der Waals surface area contributed by atoms with E-state index in [0.717, 1.165) is 31.7 Å². The van der Waals surface area contributed by atoms with Crippen LogP contribution in [0.3, 0.4) is 0 Å². The van der Waals surface area contributed by atoms with Crippen molar-refractivity contribution in [2.75, 3.05) is 13.2 Å². The third-order valence-corrected chi connectivity index (χ3v) is 5.75. The van der Waals surface area contributed by atoms with E-state index in [1.165, 1.54) is 4.57 Å². The predicted molar refractivity (Wildman–Crippen MR) is 113 cm³/mol. The lowest BCUT2D eigenvalue weighted by atomic mass is 9.95. The molecule has 7 nitrogen and oxygen atoms in total. The van der Waals surface area contributed by atoms with E-state index in [1.807, 2.05) is 6.92 Å². The van der Waals surface area contributed by atoms with E-state index in [9.17, 15) is 18.0 Å². The average Bonchev–Trinajstić information content (AvgIpc) is 3.05. The summed E-state index contributed by atoms with van der Waals surface area (Å²) in [6, 6.07) is 1.14. The van der Waals surface area contributed by atoms with E-state index in [-0.39, 0.29) is 51.8 Å². The number of imidazole rings is 1. The van der Waals surface area contributed by atoms with Crippen LogP contribution in [0.1, 0.15) is 39.0 Å². The topological polar surface area (TPSA) is 88.6 Å². The molecule has 1 amide bonds. The SMILES string of the molecule is C[C@@H](COC1CCC(Oc2nc3c(F)cc(OCC(F)F)c(Cl)c3n2C)CC1)CC(N)=O. The number of aryl methyl sites for hydroxylation is 1. The summed E-state index contributed by atoms with van der Waals surface area (Å²) in [5.41, 5.74) is 5.40. The van der Waals surface area contributed by atoms with Gasteiger partial charge in [0.25, 0.3) is 12.4 Å². The van der Waals surface area contributed by atoms with E-state index < -0.39 is 18.8 Å². The first-order chi connectivity index (χ1) is 15.2. The van der Waals surface area contributed by atoms with Gasteiger partial charge in [-0.2, -0.15) is 4.98 Å². The minimum atomic E-state index is -2.71. The molecule has 11 heteroatoms. The molecule has 1 heterocycles. The molecule has 0 radical (unpaired) electrons. The highest BCUT2D eigenvalue weighted by Gasteiger charge is 2.27. The summed E-state index contributed by atoms with van der Waals surface area (Å²) < 4.78 is 57.7. The second kappa shape index (κ2) is 10.6. The number of aromatic nitrogens is 2. The second-order valence-corrected chi connectivity index (χ2v) is 8.53. The van der Waals surface area contributed by atoms with Crippen molar-refractivity contribution in [2.24, 2.45) is 18.7 Å². The van der Waals surface area contributed by atoms with Crippen LogP contribution in [0.25, 0.3) is 11.0 Å². The molecule has 0 bridgehead atoms. The van der Waals surface area contributed by atoms with Crippen molar-refractivity contribution in [2.45, 2.75) is 57.7 Å². The normalized spacial score (nSPS) is 20.0. The first kappa shape index (κ1) is 24.4. The maximum atomic E-state index is 14.5. The number of carbonyl (C=O) groups excluding carboxylic acids is 1. The predicted octanol–water partition coefficient (Wildman–Crippen LogP) is 4.23. The summed E-state index contributed by atoms with van der Waals surface area (Å²) in [5, 5.41) is -0.00547. The first-order valence-corrected chi connectivity index (χ1v) is 10.8. The summed E-state index contributed by atoms with van der Waals surface area (Å²) in [4.78, 5) is 15.2. The van der Waals surface area contributed by atoms with Crippen LogP contribution in [-0.4, -0.2) is 47.3 Å². The molecule has 0 spiro atoms. The fourth-order valence-corrected chi connectivity index (χ4v) is 4.12. The molecule has 1 aromatic carbocycles. The lowest BCUT2D eigenvalue weighted by Crippen LogP contribution is -2.30. The van der Waals surface area contributed by atoms with Crippen molar-refractivity contribution in [3.63, 3.8) is 0 Å². The van der Waals surface area contributed by atoms with E-state index in [1.54, 1.807) is 7.05 Å². The van der Waals surface area contributed by atoms with Gasteiger partial charge >= 0.3 is 0 Å². The molecule has 1 aliphatic carbocycles. The van der Waals surface area contributed by atoms with Crippen LogP contribution < -0.4 is 15.2 Å². The monoisotopic (exact) mass is 477 g/mol. The van der Waals surface area contributed by atoms with Gasteiger partial charge in [0.05, 0.1) is 11.6 Å². The number of nitrogens with zero attached hydrogens (tertiary/aromatic N) is 2. The molecule has 0 unspecified atom stereocenters. The highest BCUT2D eigenvalue weighted by Crippen LogP contribution is 2.37. The third-order valence-electron chi connectivity index (χ3n) is 5.39. The molecular weight excluding hydrogens is 451 g/mol. The van der Waals surface area contributed by atoms with Crippen molar-refractivity contribution < 1.29 is 32.2 Å². The van der Waals surface area contributed by atoms with E-state index in [0.29, 0.717) is 13.0 Å². The molecule has 0 saturated heterocycles. The quantitative estimate of drug-likeness (QED) is 0.553. The maximum absolute atomic E-state index is 14.5. The standard InChI is InChI=1S/C21H27ClF3N3O4/c1-11(7-17(26)29)9-30-12-3-5-13(6-4-12)32-21-27-19-14(23)8-15(31-10-16(24)25)18(22)20(19)28(21)2/h8,11-13,16H,3-7,9-10H2,1-2H3,(H2,26,29)/t11-,12?,13?/m1/s1. The molecular formula is C21H27ClF3N3O4. The van der Waals surface area contributed by atoms with E-state index in [2.05, 4.69) is 4.98 Å². The molecule has 2 N–H and O–H groups in total. The van der Waals surface area contributed by atoms with Crippen LogP contribution in [0, 0.1) is 11.7 Å². The zero-order valence-electron chi connectivity index (χ0n) is 18.0. The fourth-order valence-electron chi connectivity index (χ4n) is 3.79. The van der Waals surface area contributed by atoms with Crippen molar-refractivity contribution >= 4 is 28.5 Å². The number of primary amides is 1. The lowest BCUT2D eigenvalue weighted by Gasteiger charge is -2.29. The Morgan fingerprint density at radius 2 is 1.94 bits per heavy atom. The zero-order valence-corrected chi connectivity index (χ0v) is 18.7. The zero-order chi connectivity index (χ0) is 23.4. The van der Waals surface area contributed by atoms with Crippen LogP contribution in [0.5, 0.6) is 11.8 Å². The number of amides is 1. The number of hydrogen-bond acceptors (Lipinski definition) is 5. The summed E-state index contributed by atoms with van der Waals surface area (Å²) in [6.07, 6.45) is 0.516. The van der Waals surface area contributed by atoms with Gasteiger partial charge in [0.1, 0.15) is 29.0 Å². The third kappa shape index (κ3) is 5.98. The van der Waals surface area contributed by atoms with E-state index in [4.69, 9.17) is 31.5 Å². The van der Waals surface area contributed by atoms with Crippen LogP contribution in [0.4, 0.5) is 13.2 Å². The molecule has 1 fully saturated rings. The Morgan fingerprint density at radius 3 is 2.56 bits per heavy atom. The van der Waals surface area contributed by atoms with Crippen LogP contribution in [-0.2, 0) is 16.6 Å². The Hall–Kier alpha value is -2.20. The number of nitrogens with two attached hydrogens (primary N) is 1. The number of ether oxygens (including phenoxy) is 3. The Bertz CT molecular complexity index is 948. The summed E-state index contributed by atoms with van der Waals surface area (Å²) in [7, 11) is 1.61. The highest BCUT2D eigenvalue weighted by atomic mass is 35.5. The molecule has 0 aliphatic heterocycles. The van der Waals surface area contributed by atoms with Gasteiger partial charge in [0.15, 0.2) is 5.82 Å². The summed E-state index contributed by atoms with van der Waals surface area (Å²) in [6.45, 7) is 1.50. The number of rotatable bonds is 10. The molecule has 1 aliphatic rings. The van der Waals surface area contributed by atoms with Gasteiger partial charge in [0, 0.05) is 26.1 Å². The Morgan fingerprint density at radius 1 is 1.28 bits per heavy atom. The maximum Gasteiger partial charge on any atom is 0.297 e. The number of alkyl halides is 2. The van der Waals surface area contributed by atoms with Crippen LogP contribution in [0.2, 0.25) is 5.02 Å². The van der Waals surface area contributed by atoms with Gasteiger partial charge in [-0.3, -0.25) is 9.36 Å². The van der Waals surface area contributed by atoms with Gasteiger partial charge in [-0.15, -0.1) is 0 Å². The molecule has 32 heavy (non-hydrogen) atoms. The molecule has 1 atom stereocenters. The summed E-state index contributed by atoms with van der Waals surface area (Å²) in [5.74, 6) is -1.18. The Labute approximate surface area is 188 Å². The number of hydrogen-bond donors (Lipinski definition) is 1. The van der Waals surface area contributed by atoms with Crippen molar-refractivity contribution in [3.8, 4) is 11.8 Å². The minimum Gasteiger partial charge on any atom is -0.486 e. The van der Waals surface area contributed by atoms with E-state index >= 15 is 0 Å². The van der Waals surface area contributed by atoms with Crippen LogP contribution in [0.15, 0.2) is 6.07 Å². The van der Waals surface area contributed by atoms with Crippen molar-refractivity contribution in [1.82, 2.24) is 9.55 Å². The van der Waals surface area contributed by atoms with Gasteiger partial charge in [0.2, 0.25) is 5.91 Å². The largest absolute Gasteiger partial charge is 0.486 e. The number of halogens is 4. The molecule has 2 aromatic rings. The van der Waals surface area contributed by atoms with Gasteiger partial charge in [-0.05, 0) is 31.6 Å². The number of carbonyl (C=O) groups is 1. The second-order valence-electron chi connectivity index (χ2n) is 8.15. The summed E-state index contributed by atoms with van der Waals surface area (Å²) >= 11 is 6.27. The lowest BCUT2D eigenvalue weighted by molar-refractivity contribution is -0.119. The Kier molecular flexibility index (Phi) is 8.10. The molecule has 3 rings (SSSR count). The molecule has 178 valence electrons. The van der Waals surface area contributed by atoms with Crippen molar-refractivity contribution in [3.05, 3.63) is 16.9 Å². The first-order valence-electron chi connectivity index (χ1n) is 10.5. The highest BCUT2D eigenvalue weighted by molar-refractivity contribution is 6.36. The number of fused-ring (bicyclic) bond motifs is 1. The van der Waals surface area contributed by atoms with Gasteiger partial charge in [-0.25, -0.2) is 13.2 Å². The van der Waals surface area contributed by atoms with Gasteiger partial charge < -0.3 is 19.9 Å². The molecule has 1 aromatic heterocycles.